The van der Waals surface area contributed by atoms with Crippen LogP contribution in [-0.4, -0.2) is 30.3 Å². The quantitative estimate of drug-likeness (QED) is 0.377. The van der Waals surface area contributed by atoms with E-state index in [1.54, 1.807) is 66.9 Å². The molecule has 0 fully saturated rings. The Morgan fingerprint density at radius 2 is 1.52 bits per heavy atom. The number of anilines is 2. The number of amides is 3. The molecule has 1 unspecified atom stereocenters. The van der Waals surface area contributed by atoms with E-state index in [1.807, 2.05) is 13.8 Å². The Morgan fingerprint density at radius 3 is 2.12 bits per heavy atom. The summed E-state index contributed by atoms with van der Waals surface area (Å²) >= 11 is 0. The van der Waals surface area contributed by atoms with Crippen LogP contribution < -0.4 is 21.3 Å². The van der Waals surface area contributed by atoms with Gasteiger partial charge in [-0.25, -0.2) is 0 Å². The second kappa shape index (κ2) is 11.5. The molecule has 1 aromatic heterocycles. The number of furan rings is 1. The molecule has 2 aromatic carbocycles. The smallest absolute Gasteiger partial charge is 0.251 e. The zero-order chi connectivity index (χ0) is 23.6. The summed E-state index contributed by atoms with van der Waals surface area (Å²) in [5.41, 5.74) is 2.36. The number of carbonyl (C=O) groups is 3. The molecule has 1 heterocycles. The molecular formula is C25H28N4O4. The first-order chi connectivity index (χ1) is 15.9. The van der Waals surface area contributed by atoms with E-state index in [2.05, 4.69) is 21.3 Å². The first-order valence-electron chi connectivity index (χ1n) is 10.8. The molecule has 33 heavy (non-hydrogen) atoms. The summed E-state index contributed by atoms with van der Waals surface area (Å²) in [5, 5.41) is 11.5. The summed E-state index contributed by atoms with van der Waals surface area (Å²) < 4.78 is 5.19. The zero-order valence-electron chi connectivity index (χ0n) is 18.7. The van der Waals surface area contributed by atoms with Crippen molar-refractivity contribution in [1.29, 1.82) is 0 Å². The van der Waals surface area contributed by atoms with E-state index in [-0.39, 0.29) is 30.3 Å². The van der Waals surface area contributed by atoms with Crippen molar-refractivity contribution in [3.8, 4) is 0 Å². The Balaban J connectivity index is 1.43. The number of benzene rings is 2. The normalized spacial score (nSPS) is 11.3. The van der Waals surface area contributed by atoms with Crippen molar-refractivity contribution in [1.82, 2.24) is 10.6 Å². The van der Waals surface area contributed by atoms with Gasteiger partial charge in [-0.15, -0.1) is 0 Å². The molecule has 8 nitrogen and oxygen atoms in total. The van der Waals surface area contributed by atoms with Crippen molar-refractivity contribution in [2.75, 3.05) is 17.2 Å². The van der Waals surface area contributed by atoms with Gasteiger partial charge in [-0.3, -0.25) is 14.4 Å². The molecular weight excluding hydrogens is 420 g/mol. The van der Waals surface area contributed by atoms with E-state index in [9.17, 15) is 14.4 Å². The number of carbonyl (C=O) groups excluding carboxylic acids is 3. The van der Waals surface area contributed by atoms with Crippen molar-refractivity contribution in [3.63, 3.8) is 0 Å². The lowest BCUT2D eigenvalue weighted by molar-refractivity contribution is -0.114. The predicted molar refractivity (Wildman–Crippen MR) is 127 cm³/mol. The number of hydrogen-bond donors (Lipinski definition) is 4. The van der Waals surface area contributed by atoms with Crippen LogP contribution in [0.3, 0.4) is 0 Å². The van der Waals surface area contributed by atoms with E-state index in [1.165, 1.54) is 0 Å². The van der Waals surface area contributed by atoms with Gasteiger partial charge in [0, 0.05) is 28.5 Å². The van der Waals surface area contributed by atoms with E-state index in [0.717, 1.165) is 6.42 Å². The van der Waals surface area contributed by atoms with Crippen LogP contribution in [0.1, 0.15) is 46.7 Å². The maximum Gasteiger partial charge on any atom is 0.251 e. The first kappa shape index (κ1) is 23.6. The summed E-state index contributed by atoms with van der Waals surface area (Å²) in [6, 6.07) is 17.2. The van der Waals surface area contributed by atoms with Crippen molar-refractivity contribution in [3.05, 3.63) is 83.8 Å². The summed E-state index contributed by atoms with van der Waals surface area (Å²) in [6.45, 7) is 4.33. The third-order valence-electron chi connectivity index (χ3n) is 5.02. The van der Waals surface area contributed by atoms with Crippen LogP contribution >= 0.6 is 0 Å². The van der Waals surface area contributed by atoms with Gasteiger partial charge in [-0.1, -0.05) is 6.92 Å². The largest absolute Gasteiger partial charge is 0.467 e. The lowest BCUT2D eigenvalue weighted by Gasteiger charge is -2.12. The highest BCUT2D eigenvalue weighted by molar-refractivity contribution is 5.97. The van der Waals surface area contributed by atoms with Crippen LogP contribution in [0.15, 0.2) is 71.3 Å². The predicted octanol–water partition coefficient (Wildman–Crippen LogP) is 3.79. The molecule has 3 aromatic rings. The minimum absolute atomic E-state index is 0.0558. The third kappa shape index (κ3) is 7.24. The minimum atomic E-state index is -0.230. The number of rotatable bonds is 10. The molecule has 0 spiro atoms. The monoisotopic (exact) mass is 448 g/mol. The molecule has 3 amide bonds. The average molecular weight is 449 g/mol. The van der Waals surface area contributed by atoms with Gasteiger partial charge < -0.3 is 25.7 Å². The Kier molecular flexibility index (Phi) is 8.24. The van der Waals surface area contributed by atoms with Crippen LogP contribution in [0.5, 0.6) is 0 Å². The van der Waals surface area contributed by atoms with Crippen molar-refractivity contribution in [2.45, 2.75) is 32.9 Å². The van der Waals surface area contributed by atoms with Crippen molar-refractivity contribution >= 4 is 29.1 Å². The third-order valence-corrected chi connectivity index (χ3v) is 5.02. The van der Waals surface area contributed by atoms with Crippen molar-refractivity contribution in [2.24, 2.45) is 0 Å². The minimum Gasteiger partial charge on any atom is -0.467 e. The highest BCUT2D eigenvalue weighted by Crippen LogP contribution is 2.12. The highest BCUT2D eigenvalue weighted by atomic mass is 16.3. The second-order valence-corrected chi connectivity index (χ2v) is 7.60. The molecule has 4 N–H and O–H groups in total. The lowest BCUT2D eigenvalue weighted by Crippen LogP contribution is -2.31. The maximum atomic E-state index is 12.2. The van der Waals surface area contributed by atoms with Crippen molar-refractivity contribution < 1.29 is 18.8 Å². The van der Waals surface area contributed by atoms with Gasteiger partial charge in [-0.2, -0.15) is 0 Å². The fourth-order valence-electron chi connectivity index (χ4n) is 2.92. The topological polar surface area (TPSA) is 112 Å². The highest BCUT2D eigenvalue weighted by Gasteiger charge is 2.10. The van der Waals surface area contributed by atoms with Gasteiger partial charge in [0.15, 0.2) is 0 Å². The van der Waals surface area contributed by atoms with Gasteiger partial charge in [0.1, 0.15) is 5.76 Å². The van der Waals surface area contributed by atoms with E-state index < -0.39 is 0 Å². The second-order valence-electron chi connectivity index (χ2n) is 7.60. The molecule has 0 saturated heterocycles. The lowest BCUT2D eigenvalue weighted by atomic mass is 10.1. The van der Waals surface area contributed by atoms with E-state index in [0.29, 0.717) is 34.8 Å². The van der Waals surface area contributed by atoms with Gasteiger partial charge in [0.2, 0.25) is 5.91 Å². The van der Waals surface area contributed by atoms with Gasteiger partial charge in [-0.05, 0) is 74.0 Å². The Labute approximate surface area is 192 Å². The van der Waals surface area contributed by atoms with Gasteiger partial charge >= 0.3 is 0 Å². The van der Waals surface area contributed by atoms with Crippen LogP contribution in [-0.2, 0) is 11.3 Å². The first-order valence-corrected chi connectivity index (χ1v) is 10.8. The Bertz CT molecular complexity index is 1060. The molecule has 0 aliphatic carbocycles. The average Bonchev–Trinajstić information content (AvgIpc) is 3.35. The standard InChI is InChI=1S/C25H28N4O4/c1-3-17(2)28-25(32)19-8-12-21(13-9-19)29-23(30)16-26-20-10-6-18(7-11-20)24(31)27-15-22-5-4-14-33-22/h4-14,17,26H,3,15-16H2,1-2H3,(H,27,31)(H,28,32)(H,29,30). The molecule has 1 atom stereocenters. The van der Waals surface area contributed by atoms with Gasteiger partial charge in [0.05, 0.1) is 19.4 Å². The van der Waals surface area contributed by atoms with Crippen LogP contribution in [0.4, 0.5) is 11.4 Å². The summed E-state index contributed by atoms with van der Waals surface area (Å²) in [5.74, 6) is 0.0997. The Hall–Kier alpha value is -4.07. The summed E-state index contributed by atoms with van der Waals surface area (Å²) in [7, 11) is 0. The molecule has 0 radical (unpaired) electrons. The Morgan fingerprint density at radius 1 is 0.879 bits per heavy atom. The molecule has 3 rings (SSSR count). The molecule has 8 heteroatoms. The van der Waals surface area contributed by atoms with Crippen LogP contribution in [0.25, 0.3) is 0 Å². The van der Waals surface area contributed by atoms with E-state index in [4.69, 9.17) is 4.42 Å². The molecule has 0 aliphatic heterocycles. The van der Waals surface area contributed by atoms with Gasteiger partial charge in [0.25, 0.3) is 11.8 Å². The fraction of sp³-hybridized carbons (Fsp3) is 0.240. The summed E-state index contributed by atoms with van der Waals surface area (Å²) in [6.07, 6.45) is 2.41. The molecule has 172 valence electrons. The zero-order valence-corrected chi connectivity index (χ0v) is 18.7. The molecule has 0 aliphatic rings. The molecule has 0 bridgehead atoms. The van der Waals surface area contributed by atoms with Crippen LogP contribution in [0, 0.1) is 0 Å². The maximum absolute atomic E-state index is 12.2. The van der Waals surface area contributed by atoms with E-state index >= 15 is 0 Å². The fourth-order valence-corrected chi connectivity index (χ4v) is 2.92. The summed E-state index contributed by atoms with van der Waals surface area (Å²) in [4.78, 5) is 36.6. The number of nitrogens with one attached hydrogen (secondary N) is 4. The molecule has 0 saturated carbocycles. The SMILES string of the molecule is CCC(C)NC(=O)c1ccc(NC(=O)CNc2ccc(C(=O)NCc3ccco3)cc2)cc1. The number of hydrogen-bond acceptors (Lipinski definition) is 5. The van der Waals surface area contributed by atoms with Crippen LogP contribution in [0.2, 0.25) is 0 Å².